The zero-order valence-corrected chi connectivity index (χ0v) is 12.1. The van der Waals surface area contributed by atoms with Gasteiger partial charge in [-0.05, 0) is 49.0 Å². The van der Waals surface area contributed by atoms with Gasteiger partial charge in [-0.2, -0.15) is 0 Å². The molecule has 21 heavy (non-hydrogen) atoms. The highest BCUT2D eigenvalue weighted by Crippen LogP contribution is 2.21. The summed E-state index contributed by atoms with van der Waals surface area (Å²) >= 11 is 0. The Morgan fingerprint density at radius 1 is 1.29 bits per heavy atom. The summed E-state index contributed by atoms with van der Waals surface area (Å²) in [5, 5.41) is 23.5. The van der Waals surface area contributed by atoms with Gasteiger partial charge in [-0.25, -0.2) is 0 Å². The Kier molecular flexibility index (Phi) is 6.02. The highest BCUT2D eigenvalue weighted by Gasteiger charge is 2.18. The predicted octanol–water partition coefficient (Wildman–Crippen LogP) is 2.38. The van der Waals surface area contributed by atoms with E-state index >= 15 is 0 Å². The Bertz CT molecular complexity index is 496. The molecule has 0 saturated carbocycles. The molecular weight excluding hydrogens is 268 g/mol. The second-order valence-electron chi connectivity index (χ2n) is 5.48. The summed E-state index contributed by atoms with van der Waals surface area (Å²) in [6.45, 7) is 3.32. The van der Waals surface area contributed by atoms with Gasteiger partial charge in [0.05, 0.1) is 6.10 Å². The summed E-state index contributed by atoms with van der Waals surface area (Å²) in [6, 6.07) is 7.71. The van der Waals surface area contributed by atoms with Crippen molar-refractivity contribution in [2.75, 3.05) is 19.6 Å². The number of aliphatic hydroxyl groups is 2. The van der Waals surface area contributed by atoms with E-state index in [2.05, 4.69) is 14.9 Å². The minimum Gasteiger partial charge on any atom is -0.390 e. The van der Waals surface area contributed by atoms with Crippen LogP contribution in [0.3, 0.4) is 0 Å². The summed E-state index contributed by atoms with van der Waals surface area (Å²) in [4.78, 5) is 5.03. The largest absolute Gasteiger partial charge is 0.390 e. The highest BCUT2D eigenvalue weighted by molar-refractivity contribution is 5.26. The van der Waals surface area contributed by atoms with E-state index < -0.39 is 12.2 Å². The summed E-state index contributed by atoms with van der Waals surface area (Å²) in [5.74, 6) is 0. The van der Waals surface area contributed by atoms with Crippen molar-refractivity contribution in [3.8, 4) is 0 Å². The zero-order chi connectivity index (χ0) is 15.1. The maximum atomic E-state index is 10.2. The molecule has 0 bridgehead atoms. The predicted molar refractivity (Wildman–Crippen MR) is 80.5 cm³/mol. The van der Waals surface area contributed by atoms with Crippen LogP contribution in [0.1, 0.15) is 36.5 Å². The van der Waals surface area contributed by atoms with Gasteiger partial charge < -0.3 is 10.2 Å². The van der Waals surface area contributed by atoms with Crippen LogP contribution >= 0.6 is 0 Å². The molecule has 0 radical (unpaired) electrons. The van der Waals surface area contributed by atoms with Gasteiger partial charge in [-0.15, -0.1) is 0 Å². The number of benzene rings is 1. The maximum Gasteiger partial charge on any atom is 0.105 e. The lowest BCUT2D eigenvalue weighted by Gasteiger charge is -2.19. The Morgan fingerprint density at radius 2 is 2.05 bits per heavy atom. The topological polar surface area (TPSA) is 92.5 Å². The van der Waals surface area contributed by atoms with E-state index in [1.54, 1.807) is 0 Å². The average molecular weight is 290 g/mol. The number of aliphatic hydroxyl groups excluding tert-OH is 2. The van der Waals surface area contributed by atoms with E-state index in [1.165, 1.54) is 12.8 Å². The van der Waals surface area contributed by atoms with Gasteiger partial charge in [-0.1, -0.05) is 29.4 Å². The van der Waals surface area contributed by atoms with Gasteiger partial charge in [0.25, 0.3) is 0 Å². The number of nitrogens with zero attached hydrogens (tertiary/aromatic N) is 4. The molecule has 1 aromatic carbocycles. The molecule has 114 valence electrons. The van der Waals surface area contributed by atoms with Gasteiger partial charge in [0, 0.05) is 18.0 Å². The molecule has 1 aliphatic rings. The second-order valence-corrected chi connectivity index (χ2v) is 5.48. The molecule has 2 rings (SSSR count). The van der Waals surface area contributed by atoms with Crippen molar-refractivity contribution < 1.29 is 10.2 Å². The number of rotatable bonds is 7. The molecule has 6 heteroatoms. The molecule has 2 atom stereocenters. The van der Waals surface area contributed by atoms with Crippen molar-refractivity contribution >= 4 is 0 Å². The molecule has 6 nitrogen and oxygen atoms in total. The van der Waals surface area contributed by atoms with Crippen molar-refractivity contribution in [3.63, 3.8) is 0 Å². The van der Waals surface area contributed by atoms with Crippen molar-refractivity contribution in [2.45, 2.75) is 38.0 Å². The molecule has 2 N–H and O–H groups in total. The zero-order valence-electron chi connectivity index (χ0n) is 12.1. The monoisotopic (exact) mass is 290 g/mol. The first-order valence-electron chi connectivity index (χ1n) is 7.39. The molecule has 0 aromatic heterocycles. The summed E-state index contributed by atoms with van der Waals surface area (Å²) in [7, 11) is 0. The molecule has 2 unspecified atom stereocenters. The van der Waals surface area contributed by atoms with Crippen LogP contribution in [-0.2, 0) is 6.54 Å². The first-order chi connectivity index (χ1) is 10.2. The van der Waals surface area contributed by atoms with E-state index in [0.717, 1.165) is 25.2 Å². The Balaban J connectivity index is 1.96. The van der Waals surface area contributed by atoms with Crippen LogP contribution in [0.25, 0.3) is 10.4 Å². The molecule has 1 aliphatic heterocycles. The van der Waals surface area contributed by atoms with Crippen LogP contribution in [-0.4, -0.2) is 40.9 Å². The van der Waals surface area contributed by atoms with Crippen LogP contribution in [0.4, 0.5) is 0 Å². The number of hydrogen-bond donors (Lipinski definition) is 2. The molecule has 1 fully saturated rings. The number of hydrogen-bond acceptors (Lipinski definition) is 4. The Hall–Kier alpha value is -1.59. The second kappa shape index (κ2) is 8.00. The normalized spacial score (nSPS) is 18.2. The van der Waals surface area contributed by atoms with Gasteiger partial charge in [0.1, 0.15) is 6.10 Å². The van der Waals surface area contributed by atoms with Crippen LogP contribution in [0.2, 0.25) is 0 Å². The minimum atomic E-state index is -0.947. The lowest BCUT2D eigenvalue weighted by molar-refractivity contribution is 0.0150. The van der Waals surface area contributed by atoms with E-state index in [9.17, 15) is 10.2 Å². The van der Waals surface area contributed by atoms with Crippen LogP contribution in [0.5, 0.6) is 0 Å². The molecule has 0 amide bonds. The Labute approximate surface area is 124 Å². The van der Waals surface area contributed by atoms with Crippen LogP contribution < -0.4 is 0 Å². The van der Waals surface area contributed by atoms with Crippen LogP contribution in [0, 0.1) is 0 Å². The lowest BCUT2D eigenvalue weighted by atomic mass is 10.00. The minimum absolute atomic E-state index is 0.183. The number of azide groups is 1. The smallest absolute Gasteiger partial charge is 0.105 e. The van der Waals surface area contributed by atoms with E-state index in [0.29, 0.717) is 5.56 Å². The third kappa shape index (κ3) is 4.72. The lowest BCUT2D eigenvalue weighted by Crippen LogP contribution is -2.20. The average Bonchev–Trinajstić information content (AvgIpc) is 3.00. The molecule has 0 spiro atoms. The molecule has 0 aliphatic carbocycles. The van der Waals surface area contributed by atoms with E-state index in [-0.39, 0.29) is 13.0 Å². The fourth-order valence-electron chi connectivity index (χ4n) is 2.69. The van der Waals surface area contributed by atoms with E-state index in [1.807, 2.05) is 24.3 Å². The summed E-state index contributed by atoms with van der Waals surface area (Å²) in [5.41, 5.74) is 10.1. The van der Waals surface area contributed by atoms with Gasteiger partial charge in [-0.3, -0.25) is 4.90 Å². The first kappa shape index (κ1) is 15.8. The third-order valence-corrected chi connectivity index (χ3v) is 3.85. The van der Waals surface area contributed by atoms with Gasteiger partial charge in [0.2, 0.25) is 0 Å². The third-order valence-electron chi connectivity index (χ3n) is 3.85. The maximum absolute atomic E-state index is 10.2. The molecule has 1 aromatic rings. The SMILES string of the molecule is [N-]=[N+]=NCCC(O)C(O)c1cccc(CN2CCCC2)c1. The fourth-order valence-corrected chi connectivity index (χ4v) is 2.69. The van der Waals surface area contributed by atoms with Crippen molar-refractivity contribution in [1.82, 2.24) is 4.90 Å². The van der Waals surface area contributed by atoms with Crippen molar-refractivity contribution in [1.29, 1.82) is 0 Å². The first-order valence-corrected chi connectivity index (χ1v) is 7.39. The molecular formula is C15H22N4O2. The highest BCUT2D eigenvalue weighted by atomic mass is 16.3. The number of likely N-dealkylation sites (tertiary alicyclic amines) is 1. The van der Waals surface area contributed by atoms with E-state index in [4.69, 9.17) is 5.53 Å². The van der Waals surface area contributed by atoms with Crippen molar-refractivity contribution in [2.24, 2.45) is 5.11 Å². The summed E-state index contributed by atoms with van der Waals surface area (Å²) < 4.78 is 0. The standard InChI is InChI=1S/C15H22N4O2/c16-18-17-7-6-14(20)15(21)13-5-3-4-12(10-13)11-19-8-1-2-9-19/h3-5,10,14-15,20-21H,1-2,6-9,11H2. The van der Waals surface area contributed by atoms with Crippen molar-refractivity contribution in [3.05, 3.63) is 45.8 Å². The molecule has 1 saturated heterocycles. The summed E-state index contributed by atoms with van der Waals surface area (Å²) in [6.07, 6.45) is 0.887. The van der Waals surface area contributed by atoms with Gasteiger partial charge >= 0.3 is 0 Å². The Morgan fingerprint density at radius 3 is 2.76 bits per heavy atom. The van der Waals surface area contributed by atoms with Gasteiger partial charge in [0.15, 0.2) is 0 Å². The molecule has 1 heterocycles. The quantitative estimate of drug-likeness (QED) is 0.458. The fraction of sp³-hybridized carbons (Fsp3) is 0.600. The van der Waals surface area contributed by atoms with Crippen LogP contribution in [0.15, 0.2) is 29.4 Å².